The molecule has 0 atom stereocenters. The van der Waals surface area contributed by atoms with E-state index >= 15 is 0 Å². The van der Waals surface area contributed by atoms with Crippen molar-refractivity contribution in [3.8, 4) is 6.07 Å². The van der Waals surface area contributed by atoms with Crippen LogP contribution in [0, 0.1) is 11.3 Å². The van der Waals surface area contributed by atoms with Gasteiger partial charge in [-0.25, -0.2) is 4.79 Å². The number of allylic oxidation sites excluding steroid dienone is 1. The van der Waals surface area contributed by atoms with E-state index in [0.717, 1.165) is 12.1 Å². The number of carboxylic acid groups (broad SMARTS) is 1. The fraction of sp³-hybridized carbons (Fsp3) is 0.0909. The first kappa shape index (κ1) is 14.1. The summed E-state index contributed by atoms with van der Waals surface area (Å²) in [5.74, 6) is -1.78. The molecule has 1 aromatic carbocycles. The summed E-state index contributed by atoms with van der Waals surface area (Å²) in [5.41, 5.74) is -1.79. The molecule has 0 aliphatic heterocycles. The second kappa shape index (κ2) is 5.14. The molecule has 0 unspecified atom stereocenters. The molecule has 3 nitrogen and oxygen atoms in total. The predicted molar refractivity (Wildman–Crippen MR) is 60.8 cm³/mol. The lowest BCUT2D eigenvalue weighted by atomic mass is 10.0. The quantitative estimate of drug-likeness (QED) is 0.643. The maximum atomic E-state index is 12.8. The first-order chi connectivity index (χ1) is 8.27. The summed E-state index contributed by atoms with van der Waals surface area (Å²) >= 11 is 3.37. The van der Waals surface area contributed by atoms with Crippen LogP contribution in [0.2, 0.25) is 0 Å². The van der Waals surface area contributed by atoms with Crippen molar-refractivity contribution < 1.29 is 23.1 Å². The van der Waals surface area contributed by atoms with Crippen LogP contribution in [0.1, 0.15) is 11.1 Å². The van der Waals surface area contributed by atoms with E-state index in [-0.39, 0.29) is 5.56 Å². The van der Waals surface area contributed by atoms with Crippen molar-refractivity contribution in [1.29, 1.82) is 5.26 Å². The van der Waals surface area contributed by atoms with Crippen LogP contribution in [0.15, 0.2) is 29.2 Å². The molecule has 0 aromatic heterocycles. The van der Waals surface area contributed by atoms with Crippen LogP contribution in [-0.2, 0) is 4.79 Å². The van der Waals surface area contributed by atoms with Crippen molar-refractivity contribution in [2.45, 2.75) is 6.18 Å². The van der Waals surface area contributed by atoms with Crippen molar-refractivity contribution in [3.63, 3.8) is 0 Å². The number of hydrogen-bond acceptors (Lipinski definition) is 3. The van der Waals surface area contributed by atoms with Gasteiger partial charge in [0, 0.05) is 0 Å². The number of thiol groups is 1. The summed E-state index contributed by atoms with van der Waals surface area (Å²) in [7, 11) is 0. The molecule has 0 radical (unpaired) electrons. The summed E-state index contributed by atoms with van der Waals surface area (Å²) in [6, 6.07) is 6.27. The van der Waals surface area contributed by atoms with Crippen LogP contribution in [0.3, 0.4) is 0 Å². The third-order valence-corrected chi connectivity index (χ3v) is 2.42. The lowest BCUT2D eigenvalue weighted by Crippen LogP contribution is -2.15. The Bertz CT molecular complexity index is 558. The van der Waals surface area contributed by atoms with Gasteiger partial charge in [-0.3, -0.25) is 0 Å². The van der Waals surface area contributed by atoms with Crippen LogP contribution >= 0.6 is 12.6 Å². The maximum Gasteiger partial charge on any atom is 0.418 e. The maximum absolute atomic E-state index is 12.8. The highest BCUT2D eigenvalue weighted by Crippen LogP contribution is 2.37. The molecular formula is C11H6F3NO2S. The predicted octanol–water partition coefficient (Wildman–Crippen LogP) is 2.85. The number of halogens is 3. The van der Waals surface area contributed by atoms with Gasteiger partial charge in [-0.05, 0) is 17.7 Å². The number of nitrogens with zero attached hydrogens (tertiary/aromatic N) is 1. The number of hydrogen-bond donors (Lipinski definition) is 2. The number of rotatable bonds is 2. The van der Waals surface area contributed by atoms with Gasteiger partial charge >= 0.3 is 12.1 Å². The van der Waals surface area contributed by atoms with E-state index in [9.17, 15) is 18.0 Å². The smallest absolute Gasteiger partial charge is 0.418 e. The van der Waals surface area contributed by atoms with E-state index < -0.39 is 28.2 Å². The molecule has 1 aromatic rings. The molecule has 1 N–H and O–H groups in total. The Labute approximate surface area is 106 Å². The molecule has 0 bridgehead atoms. The molecule has 0 saturated carbocycles. The van der Waals surface area contributed by atoms with Gasteiger partial charge in [0.1, 0.15) is 4.91 Å². The van der Waals surface area contributed by atoms with Crippen LogP contribution in [0.4, 0.5) is 13.2 Å². The van der Waals surface area contributed by atoms with Crippen LogP contribution in [-0.4, -0.2) is 17.3 Å². The van der Waals surface area contributed by atoms with Crippen molar-refractivity contribution in [2.75, 3.05) is 0 Å². The van der Waals surface area contributed by atoms with E-state index in [2.05, 4.69) is 12.6 Å². The summed E-state index contributed by atoms with van der Waals surface area (Å²) in [4.78, 5) is 9.50. The van der Waals surface area contributed by atoms with Crippen LogP contribution in [0.5, 0.6) is 0 Å². The van der Waals surface area contributed by atoms with Crippen LogP contribution < -0.4 is 0 Å². The van der Waals surface area contributed by atoms with Gasteiger partial charge in [0.25, 0.3) is 0 Å². The molecule has 0 aliphatic rings. The highest BCUT2D eigenvalue weighted by molar-refractivity contribution is 7.85. The Morgan fingerprint density at radius 1 is 1.39 bits per heavy atom. The minimum Gasteiger partial charge on any atom is -0.477 e. The average Bonchev–Trinajstić information content (AvgIpc) is 2.27. The lowest BCUT2D eigenvalue weighted by molar-refractivity contribution is -0.132. The highest BCUT2D eigenvalue weighted by Gasteiger charge is 2.38. The number of carbonyl (C=O) groups is 1. The molecule has 0 saturated heterocycles. The van der Waals surface area contributed by atoms with Gasteiger partial charge in [-0.2, -0.15) is 18.4 Å². The Hall–Kier alpha value is -1.94. The Balaban J connectivity index is 3.52. The molecule has 0 amide bonds. The zero-order chi connectivity index (χ0) is 13.9. The second-order valence-electron chi connectivity index (χ2n) is 3.22. The average molecular weight is 273 g/mol. The minimum absolute atomic E-state index is 0.000715. The SMILES string of the molecule is N#Cc1cccc(/C(=C(\S)C(=O)O)C(F)(F)F)c1. The number of carboxylic acids is 1. The van der Waals surface area contributed by atoms with E-state index in [0.29, 0.717) is 0 Å². The summed E-state index contributed by atoms with van der Waals surface area (Å²) in [6.07, 6.45) is -4.87. The Morgan fingerprint density at radius 3 is 2.44 bits per heavy atom. The zero-order valence-corrected chi connectivity index (χ0v) is 9.59. The van der Waals surface area contributed by atoms with Gasteiger partial charge in [-0.1, -0.05) is 12.1 Å². The summed E-state index contributed by atoms with van der Waals surface area (Å²) in [5, 5.41) is 17.2. The van der Waals surface area contributed by atoms with E-state index in [1.54, 1.807) is 6.07 Å². The molecule has 94 valence electrons. The van der Waals surface area contributed by atoms with Crippen molar-refractivity contribution >= 4 is 24.2 Å². The Morgan fingerprint density at radius 2 is 2.00 bits per heavy atom. The fourth-order valence-electron chi connectivity index (χ4n) is 1.29. The lowest BCUT2D eigenvalue weighted by Gasteiger charge is -2.13. The van der Waals surface area contributed by atoms with Crippen molar-refractivity contribution in [1.82, 2.24) is 0 Å². The highest BCUT2D eigenvalue weighted by atomic mass is 32.1. The van der Waals surface area contributed by atoms with Gasteiger partial charge in [0.15, 0.2) is 0 Å². The first-order valence-corrected chi connectivity index (χ1v) is 4.96. The number of nitriles is 1. The summed E-state index contributed by atoms with van der Waals surface area (Å²) in [6.45, 7) is 0. The topological polar surface area (TPSA) is 61.1 Å². The molecule has 0 fully saturated rings. The monoisotopic (exact) mass is 273 g/mol. The molecule has 0 spiro atoms. The third-order valence-electron chi connectivity index (χ3n) is 2.00. The van der Waals surface area contributed by atoms with E-state index in [1.165, 1.54) is 12.1 Å². The Kier molecular flexibility index (Phi) is 4.03. The van der Waals surface area contributed by atoms with Crippen molar-refractivity contribution in [3.05, 3.63) is 40.3 Å². The van der Waals surface area contributed by atoms with Crippen LogP contribution in [0.25, 0.3) is 5.57 Å². The van der Waals surface area contributed by atoms with Gasteiger partial charge in [0.05, 0.1) is 17.2 Å². The van der Waals surface area contributed by atoms with E-state index in [4.69, 9.17) is 10.4 Å². The largest absolute Gasteiger partial charge is 0.477 e. The normalized spacial score (nSPS) is 12.6. The minimum atomic E-state index is -4.87. The molecule has 0 heterocycles. The molecule has 18 heavy (non-hydrogen) atoms. The number of alkyl halides is 3. The molecule has 1 rings (SSSR count). The first-order valence-electron chi connectivity index (χ1n) is 4.51. The summed E-state index contributed by atoms with van der Waals surface area (Å²) < 4.78 is 38.4. The standard InChI is InChI=1S/C11H6F3NO2S/c12-11(13,14)8(9(18)10(16)17)7-3-1-2-6(4-7)5-15/h1-4,18H,(H,16,17)/b9-8+. The second-order valence-corrected chi connectivity index (χ2v) is 3.67. The van der Waals surface area contributed by atoms with Gasteiger partial charge < -0.3 is 5.11 Å². The zero-order valence-electron chi connectivity index (χ0n) is 8.69. The van der Waals surface area contributed by atoms with Crippen molar-refractivity contribution in [2.24, 2.45) is 0 Å². The molecule has 7 heteroatoms. The van der Waals surface area contributed by atoms with Gasteiger partial charge in [-0.15, -0.1) is 12.6 Å². The van der Waals surface area contributed by atoms with Gasteiger partial charge in [0.2, 0.25) is 0 Å². The molecular weight excluding hydrogens is 267 g/mol. The number of benzene rings is 1. The fourth-order valence-corrected chi connectivity index (χ4v) is 1.54. The molecule has 0 aliphatic carbocycles. The van der Waals surface area contributed by atoms with E-state index in [1.807, 2.05) is 0 Å². The third kappa shape index (κ3) is 3.05. The number of aliphatic carboxylic acids is 1.